The lowest BCUT2D eigenvalue weighted by atomic mass is 10.1. The molecule has 0 aliphatic carbocycles. The van der Waals surface area contributed by atoms with Crippen LogP contribution in [-0.2, 0) is 9.53 Å². The summed E-state index contributed by atoms with van der Waals surface area (Å²) in [4.78, 5) is 26.9. The van der Waals surface area contributed by atoms with Crippen molar-refractivity contribution < 1.29 is 28.5 Å². The van der Waals surface area contributed by atoms with Gasteiger partial charge in [-0.3, -0.25) is 9.59 Å². The summed E-state index contributed by atoms with van der Waals surface area (Å²) in [7, 11) is 6.05. The van der Waals surface area contributed by atoms with Gasteiger partial charge >= 0.3 is 0 Å². The average molecular weight is 384 g/mol. The number of nitrogens with zero attached hydrogens (tertiary/aromatic N) is 1. The smallest absolute Gasteiger partial charge is 0.255 e. The van der Waals surface area contributed by atoms with Crippen molar-refractivity contribution in [3.63, 3.8) is 0 Å². The lowest BCUT2D eigenvalue weighted by Crippen LogP contribution is -2.47. The van der Waals surface area contributed by atoms with Crippen molar-refractivity contribution in [2.75, 3.05) is 53.2 Å². The zero-order valence-corrected chi connectivity index (χ0v) is 16.2. The van der Waals surface area contributed by atoms with E-state index in [0.717, 1.165) is 0 Å². The molecular formula is C17H24N2O6S. The quantitative estimate of drug-likeness (QED) is 0.669. The molecule has 0 bridgehead atoms. The van der Waals surface area contributed by atoms with Crippen LogP contribution in [0.3, 0.4) is 0 Å². The minimum Gasteiger partial charge on any atom is -0.493 e. The first-order chi connectivity index (χ1) is 12.6. The first kappa shape index (κ1) is 20.2. The Labute approximate surface area is 157 Å². The normalized spacial score (nSPS) is 16.3. The second kappa shape index (κ2) is 9.54. The summed E-state index contributed by atoms with van der Waals surface area (Å²) in [5, 5.41) is 2.78. The average Bonchev–Trinajstić information content (AvgIpc) is 3.16. The monoisotopic (exact) mass is 384 g/mol. The molecule has 1 aromatic rings. The number of benzene rings is 1. The maximum atomic E-state index is 13.0. The Balaban J connectivity index is 2.22. The highest BCUT2D eigenvalue weighted by molar-refractivity contribution is 7.99. The molecule has 1 saturated heterocycles. The Morgan fingerprint density at radius 3 is 2.35 bits per heavy atom. The molecule has 0 spiro atoms. The fourth-order valence-electron chi connectivity index (χ4n) is 2.62. The third kappa shape index (κ3) is 4.34. The van der Waals surface area contributed by atoms with E-state index in [0.29, 0.717) is 47.6 Å². The molecule has 1 heterocycles. The molecule has 8 nitrogen and oxygen atoms in total. The highest BCUT2D eigenvalue weighted by Crippen LogP contribution is 2.39. The maximum absolute atomic E-state index is 13.0. The zero-order valence-electron chi connectivity index (χ0n) is 15.4. The van der Waals surface area contributed by atoms with Crippen LogP contribution in [0, 0.1) is 0 Å². The van der Waals surface area contributed by atoms with Gasteiger partial charge in [0, 0.05) is 25.0 Å². The molecule has 1 aliphatic rings. The van der Waals surface area contributed by atoms with Gasteiger partial charge < -0.3 is 29.2 Å². The van der Waals surface area contributed by atoms with Gasteiger partial charge in [-0.15, -0.1) is 11.8 Å². The van der Waals surface area contributed by atoms with Gasteiger partial charge in [0.1, 0.15) is 6.04 Å². The molecule has 1 aliphatic heterocycles. The van der Waals surface area contributed by atoms with Crippen LogP contribution in [0.2, 0.25) is 0 Å². The summed E-state index contributed by atoms with van der Waals surface area (Å²) < 4.78 is 20.8. The summed E-state index contributed by atoms with van der Waals surface area (Å²) in [6.45, 7) is 0.829. The van der Waals surface area contributed by atoms with Crippen LogP contribution in [0.5, 0.6) is 17.2 Å². The molecule has 2 rings (SSSR count). The SMILES string of the molecule is COCCNC(=O)C1CSCN1C(=O)c1cc(OC)c(OC)c(OC)c1. The molecule has 1 N–H and O–H groups in total. The Kier molecular flexibility index (Phi) is 7.40. The molecule has 0 radical (unpaired) electrons. The molecular weight excluding hydrogens is 360 g/mol. The molecule has 1 unspecified atom stereocenters. The topological polar surface area (TPSA) is 86.3 Å². The van der Waals surface area contributed by atoms with Gasteiger partial charge in [0.05, 0.1) is 33.8 Å². The van der Waals surface area contributed by atoms with E-state index in [1.807, 2.05) is 0 Å². The van der Waals surface area contributed by atoms with E-state index in [-0.39, 0.29) is 11.8 Å². The Hall–Kier alpha value is -2.13. The van der Waals surface area contributed by atoms with Crippen LogP contribution in [0.15, 0.2) is 12.1 Å². The second-order valence-corrected chi connectivity index (χ2v) is 6.49. The second-order valence-electron chi connectivity index (χ2n) is 5.49. The minimum atomic E-state index is -0.525. The molecule has 2 amide bonds. The van der Waals surface area contributed by atoms with Gasteiger partial charge in [0.15, 0.2) is 11.5 Å². The van der Waals surface area contributed by atoms with Gasteiger partial charge in [-0.25, -0.2) is 0 Å². The molecule has 1 aromatic carbocycles. The van der Waals surface area contributed by atoms with Crippen molar-refractivity contribution in [2.45, 2.75) is 6.04 Å². The predicted molar refractivity (Wildman–Crippen MR) is 98.3 cm³/mol. The Bertz CT molecular complexity index is 629. The third-order valence-corrected chi connectivity index (χ3v) is 4.98. The van der Waals surface area contributed by atoms with Crippen molar-refractivity contribution in [1.29, 1.82) is 0 Å². The number of carbonyl (C=O) groups is 2. The fraction of sp³-hybridized carbons (Fsp3) is 0.529. The van der Waals surface area contributed by atoms with Crippen LogP contribution >= 0.6 is 11.8 Å². The number of amides is 2. The number of rotatable bonds is 8. The largest absolute Gasteiger partial charge is 0.493 e. The van der Waals surface area contributed by atoms with Gasteiger partial charge in [-0.05, 0) is 12.1 Å². The molecule has 1 atom stereocenters. The van der Waals surface area contributed by atoms with Gasteiger partial charge in [0.25, 0.3) is 5.91 Å². The highest BCUT2D eigenvalue weighted by Gasteiger charge is 2.35. The highest BCUT2D eigenvalue weighted by atomic mass is 32.2. The molecule has 1 fully saturated rings. The number of ether oxygens (including phenoxy) is 4. The van der Waals surface area contributed by atoms with E-state index in [2.05, 4.69) is 5.32 Å². The maximum Gasteiger partial charge on any atom is 0.255 e. The summed E-state index contributed by atoms with van der Waals surface area (Å²) in [6, 6.07) is 2.66. The van der Waals surface area contributed by atoms with Crippen molar-refractivity contribution in [1.82, 2.24) is 10.2 Å². The van der Waals surface area contributed by atoms with E-state index < -0.39 is 6.04 Å². The number of hydrogen-bond donors (Lipinski definition) is 1. The summed E-state index contributed by atoms with van der Waals surface area (Å²) >= 11 is 1.53. The minimum absolute atomic E-state index is 0.187. The van der Waals surface area contributed by atoms with E-state index >= 15 is 0 Å². The summed E-state index contributed by atoms with van der Waals surface area (Å²) in [5.41, 5.74) is 0.372. The van der Waals surface area contributed by atoms with Gasteiger partial charge in [0.2, 0.25) is 11.7 Å². The first-order valence-corrected chi connectivity index (χ1v) is 9.18. The Morgan fingerprint density at radius 2 is 1.81 bits per heavy atom. The number of nitrogens with one attached hydrogen (secondary N) is 1. The Morgan fingerprint density at radius 1 is 1.15 bits per heavy atom. The molecule has 0 aromatic heterocycles. The van der Waals surface area contributed by atoms with Crippen molar-refractivity contribution in [2.24, 2.45) is 0 Å². The zero-order chi connectivity index (χ0) is 19.1. The van der Waals surface area contributed by atoms with Crippen LogP contribution in [0.25, 0.3) is 0 Å². The molecule has 144 valence electrons. The van der Waals surface area contributed by atoms with Crippen molar-refractivity contribution >= 4 is 23.6 Å². The first-order valence-electron chi connectivity index (χ1n) is 8.02. The van der Waals surface area contributed by atoms with Gasteiger partial charge in [-0.1, -0.05) is 0 Å². The number of methoxy groups -OCH3 is 4. The van der Waals surface area contributed by atoms with Crippen molar-refractivity contribution in [3.8, 4) is 17.2 Å². The number of hydrogen-bond acceptors (Lipinski definition) is 7. The lowest BCUT2D eigenvalue weighted by molar-refractivity contribution is -0.124. The fourth-order valence-corrected chi connectivity index (χ4v) is 3.78. The lowest BCUT2D eigenvalue weighted by Gasteiger charge is -2.24. The standard InChI is InChI=1S/C17H24N2O6S/c1-22-6-5-18-16(20)12-9-26-10-19(12)17(21)11-7-13(23-2)15(25-4)14(8-11)24-3/h7-8,12H,5-6,9-10H2,1-4H3,(H,18,20). The predicted octanol–water partition coefficient (Wildman–Crippen LogP) is 0.990. The van der Waals surface area contributed by atoms with Crippen LogP contribution in [0.4, 0.5) is 0 Å². The summed E-state index contributed by atoms with van der Waals surface area (Å²) in [5.74, 6) is 1.74. The van der Waals surface area contributed by atoms with E-state index in [1.54, 1.807) is 24.1 Å². The van der Waals surface area contributed by atoms with E-state index in [9.17, 15) is 9.59 Å². The number of carbonyl (C=O) groups excluding carboxylic acids is 2. The van der Waals surface area contributed by atoms with Crippen LogP contribution in [-0.4, -0.2) is 76.0 Å². The summed E-state index contributed by atoms with van der Waals surface area (Å²) in [6.07, 6.45) is 0. The molecule has 26 heavy (non-hydrogen) atoms. The van der Waals surface area contributed by atoms with E-state index in [4.69, 9.17) is 18.9 Å². The van der Waals surface area contributed by atoms with E-state index in [1.165, 1.54) is 33.1 Å². The van der Waals surface area contributed by atoms with Crippen LogP contribution < -0.4 is 19.5 Å². The molecule has 9 heteroatoms. The van der Waals surface area contributed by atoms with Crippen LogP contribution in [0.1, 0.15) is 10.4 Å². The molecule has 0 saturated carbocycles. The van der Waals surface area contributed by atoms with Crippen molar-refractivity contribution in [3.05, 3.63) is 17.7 Å². The number of thioether (sulfide) groups is 1. The third-order valence-electron chi connectivity index (χ3n) is 3.96. The van der Waals surface area contributed by atoms with Gasteiger partial charge in [-0.2, -0.15) is 0 Å².